The number of aryl methyl sites for hydroxylation is 2. The number of nitrogen functional groups attached to an aromatic ring is 1. The first kappa shape index (κ1) is 9.95. The van der Waals surface area contributed by atoms with E-state index in [1.165, 1.54) is 0 Å². The average molecular weight is 152 g/mol. The third kappa shape index (κ3) is 3.03. The number of hydrogen-bond donors (Lipinski definition) is 1. The number of rotatable bonds is 0. The number of anilines is 1. The van der Waals surface area contributed by atoms with E-state index in [1.54, 1.807) is 6.20 Å². The fourth-order valence-corrected chi connectivity index (χ4v) is 0.665. The van der Waals surface area contributed by atoms with Gasteiger partial charge < -0.3 is 5.73 Å². The van der Waals surface area contributed by atoms with Gasteiger partial charge in [-0.25, -0.2) is 0 Å². The second-order valence-electron chi connectivity index (χ2n) is 2.17. The highest BCUT2D eigenvalue weighted by Gasteiger charge is 1.91. The lowest BCUT2D eigenvalue weighted by Gasteiger charge is -1.97. The van der Waals surface area contributed by atoms with Crippen LogP contribution in [0.1, 0.15) is 25.1 Å². The molecular weight excluding hydrogens is 136 g/mol. The minimum atomic E-state index is 0.734. The van der Waals surface area contributed by atoms with Crippen LogP contribution < -0.4 is 5.73 Å². The van der Waals surface area contributed by atoms with Crippen LogP contribution in [0, 0.1) is 13.8 Å². The van der Waals surface area contributed by atoms with Gasteiger partial charge in [-0.2, -0.15) is 0 Å². The molecule has 0 bridgehead atoms. The zero-order chi connectivity index (χ0) is 8.85. The van der Waals surface area contributed by atoms with Crippen molar-refractivity contribution in [1.82, 2.24) is 4.98 Å². The topological polar surface area (TPSA) is 38.9 Å². The van der Waals surface area contributed by atoms with Crippen LogP contribution in [0.4, 0.5) is 5.69 Å². The van der Waals surface area contributed by atoms with Crippen LogP contribution in [0.2, 0.25) is 0 Å². The zero-order valence-corrected chi connectivity index (χ0v) is 7.68. The van der Waals surface area contributed by atoms with Crippen molar-refractivity contribution < 1.29 is 0 Å². The number of hydrogen-bond acceptors (Lipinski definition) is 2. The van der Waals surface area contributed by atoms with Crippen LogP contribution in [0.3, 0.4) is 0 Å². The summed E-state index contributed by atoms with van der Waals surface area (Å²) in [7, 11) is 0. The molecule has 0 spiro atoms. The number of nitrogens with zero attached hydrogens (tertiary/aromatic N) is 1. The van der Waals surface area contributed by atoms with Crippen molar-refractivity contribution >= 4 is 5.69 Å². The number of pyridine rings is 1. The van der Waals surface area contributed by atoms with E-state index in [4.69, 9.17) is 5.73 Å². The molecule has 0 aliphatic rings. The minimum absolute atomic E-state index is 0.734. The highest BCUT2D eigenvalue weighted by Crippen LogP contribution is 2.06. The monoisotopic (exact) mass is 152 g/mol. The van der Waals surface area contributed by atoms with Gasteiger partial charge >= 0.3 is 0 Å². The van der Waals surface area contributed by atoms with E-state index in [2.05, 4.69) is 4.98 Å². The molecule has 0 aliphatic carbocycles. The number of nitrogens with two attached hydrogens (primary N) is 1. The molecule has 0 atom stereocenters. The summed E-state index contributed by atoms with van der Waals surface area (Å²) < 4.78 is 0. The van der Waals surface area contributed by atoms with Crippen LogP contribution in [-0.4, -0.2) is 4.98 Å². The van der Waals surface area contributed by atoms with Crippen LogP contribution >= 0.6 is 0 Å². The summed E-state index contributed by atoms with van der Waals surface area (Å²) in [4.78, 5) is 4.05. The Morgan fingerprint density at radius 2 is 1.82 bits per heavy atom. The molecule has 0 unspecified atom stereocenters. The first-order valence-corrected chi connectivity index (χ1v) is 3.89. The zero-order valence-electron chi connectivity index (χ0n) is 7.68. The third-order valence-corrected chi connectivity index (χ3v) is 1.36. The predicted octanol–water partition coefficient (Wildman–Crippen LogP) is 2.31. The van der Waals surface area contributed by atoms with Crippen molar-refractivity contribution in [2.45, 2.75) is 27.7 Å². The Bertz CT molecular complexity index is 219. The Hall–Kier alpha value is -1.05. The molecule has 0 aliphatic heterocycles. The van der Waals surface area contributed by atoms with Crippen LogP contribution in [0.15, 0.2) is 12.3 Å². The Balaban J connectivity index is 0.000000461. The molecule has 11 heavy (non-hydrogen) atoms. The number of aromatic nitrogens is 1. The molecule has 0 fully saturated rings. The summed E-state index contributed by atoms with van der Waals surface area (Å²) in [6, 6.07) is 1.92. The Kier molecular flexibility index (Phi) is 4.27. The van der Waals surface area contributed by atoms with E-state index in [0.717, 1.165) is 16.9 Å². The van der Waals surface area contributed by atoms with Gasteiger partial charge in [-0.3, -0.25) is 4.98 Å². The first-order valence-electron chi connectivity index (χ1n) is 3.89. The van der Waals surface area contributed by atoms with E-state index in [9.17, 15) is 0 Å². The third-order valence-electron chi connectivity index (χ3n) is 1.36. The maximum Gasteiger partial charge on any atom is 0.0503 e. The maximum atomic E-state index is 5.46. The highest BCUT2D eigenvalue weighted by atomic mass is 14.7. The molecule has 1 rings (SSSR count). The summed E-state index contributed by atoms with van der Waals surface area (Å²) in [6.07, 6.45) is 1.67. The van der Waals surface area contributed by atoms with Crippen LogP contribution in [0.25, 0.3) is 0 Å². The molecule has 2 nitrogen and oxygen atoms in total. The van der Waals surface area contributed by atoms with E-state index >= 15 is 0 Å². The molecule has 1 aromatic heterocycles. The lowest BCUT2D eigenvalue weighted by Crippen LogP contribution is -1.90. The molecule has 0 aromatic carbocycles. The molecule has 0 amide bonds. The quantitative estimate of drug-likeness (QED) is 0.619. The first-order chi connectivity index (χ1) is 5.20. The molecule has 1 heterocycles. The largest absolute Gasteiger partial charge is 0.397 e. The predicted molar refractivity (Wildman–Crippen MR) is 49.5 cm³/mol. The smallest absolute Gasteiger partial charge is 0.0503 e. The van der Waals surface area contributed by atoms with Gasteiger partial charge in [-0.1, -0.05) is 13.8 Å². The van der Waals surface area contributed by atoms with Crippen molar-refractivity contribution in [3.05, 3.63) is 23.5 Å². The van der Waals surface area contributed by atoms with Crippen molar-refractivity contribution in [1.29, 1.82) is 0 Å². The van der Waals surface area contributed by atoms with Gasteiger partial charge in [0.25, 0.3) is 0 Å². The molecule has 2 heteroatoms. The minimum Gasteiger partial charge on any atom is -0.397 e. The second-order valence-corrected chi connectivity index (χ2v) is 2.17. The van der Waals surface area contributed by atoms with Crippen molar-refractivity contribution in [2.24, 2.45) is 0 Å². The van der Waals surface area contributed by atoms with Gasteiger partial charge in [0.1, 0.15) is 0 Å². The van der Waals surface area contributed by atoms with Gasteiger partial charge in [0.05, 0.1) is 11.9 Å². The standard InChI is InChI=1S/C7H10N2.C2H6/c1-5-3-7(8)4-9-6(5)2;1-2/h3-4H,8H2,1-2H3;1-2H3. The van der Waals surface area contributed by atoms with Crippen LogP contribution in [-0.2, 0) is 0 Å². The Labute approximate surface area is 68.5 Å². The molecule has 0 saturated heterocycles. The lowest BCUT2D eigenvalue weighted by atomic mass is 10.2. The van der Waals surface area contributed by atoms with Crippen molar-refractivity contribution in [3.63, 3.8) is 0 Å². The van der Waals surface area contributed by atoms with Crippen molar-refractivity contribution in [2.75, 3.05) is 5.73 Å². The van der Waals surface area contributed by atoms with Crippen molar-refractivity contribution in [3.8, 4) is 0 Å². The normalized spacial score (nSPS) is 8.36. The van der Waals surface area contributed by atoms with E-state index in [0.29, 0.717) is 0 Å². The molecule has 0 radical (unpaired) electrons. The van der Waals surface area contributed by atoms with Gasteiger partial charge in [-0.05, 0) is 25.5 Å². The molecule has 0 saturated carbocycles. The van der Waals surface area contributed by atoms with Crippen LogP contribution in [0.5, 0.6) is 0 Å². The summed E-state index contributed by atoms with van der Waals surface area (Å²) in [5, 5.41) is 0. The fourth-order valence-electron chi connectivity index (χ4n) is 0.665. The summed E-state index contributed by atoms with van der Waals surface area (Å²) in [6.45, 7) is 7.97. The Morgan fingerprint density at radius 3 is 2.18 bits per heavy atom. The molecule has 62 valence electrons. The van der Waals surface area contributed by atoms with Gasteiger partial charge in [-0.15, -0.1) is 0 Å². The van der Waals surface area contributed by atoms with Gasteiger partial charge in [0, 0.05) is 5.69 Å². The highest BCUT2D eigenvalue weighted by molar-refractivity contribution is 5.38. The summed E-state index contributed by atoms with van der Waals surface area (Å²) >= 11 is 0. The van der Waals surface area contributed by atoms with Gasteiger partial charge in [0.15, 0.2) is 0 Å². The van der Waals surface area contributed by atoms with Gasteiger partial charge in [0.2, 0.25) is 0 Å². The SMILES string of the molecule is CC.Cc1cc(N)cnc1C. The summed E-state index contributed by atoms with van der Waals surface area (Å²) in [5.41, 5.74) is 8.39. The maximum absolute atomic E-state index is 5.46. The molecular formula is C9H16N2. The Morgan fingerprint density at radius 1 is 1.27 bits per heavy atom. The van der Waals surface area contributed by atoms with E-state index in [1.807, 2.05) is 33.8 Å². The van der Waals surface area contributed by atoms with E-state index in [-0.39, 0.29) is 0 Å². The fraction of sp³-hybridized carbons (Fsp3) is 0.444. The summed E-state index contributed by atoms with van der Waals surface area (Å²) in [5.74, 6) is 0. The molecule has 2 N–H and O–H groups in total. The second kappa shape index (κ2) is 4.72. The van der Waals surface area contributed by atoms with E-state index < -0.39 is 0 Å². The lowest BCUT2D eigenvalue weighted by molar-refractivity contribution is 1.15. The average Bonchev–Trinajstić information content (AvgIpc) is 2.02. The molecule has 1 aromatic rings.